The first-order chi connectivity index (χ1) is 11.0. The molecule has 1 aromatic rings. The van der Waals surface area contributed by atoms with E-state index in [1.165, 1.54) is 13.2 Å². The van der Waals surface area contributed by atoms with E-state index in [9.17, 15) is 9.18 Å². The van der Waals surface area contributed by atoms with E-state index in [2.05, 4.69) is 4.90 Å². The van der Waals surface area contributed by atoms with Gasteiger partial charge in [-0.25, -0.2) is 4.39 Å². The number of amides is 1. The molecule has 1 amide bonds. The van der Waals surface area contributed by atoms with Crippen LogP contribution in [0.25, 0.3) is 0 Å². The van der Waals surface area contributed by atoms with Crippen LogP contribution < -0.4 is 10.5 Å². The third kappa shape index (κ3) is 4.65. The van der Waals surface area contributed by atoms with Crippen LogP contribution in [0.3, 0.4) is 0 Å². The Morgan fingerprint density at radius 2 is 2.22 bits per heavy atom. The molecule has 1 atom stereocenters. The number of nitrogens with two attached hydrogens (primary N) is 1. The molecule has 1 heterocycles. The number of carbonyl (C=O) groups excluding carboxylic acids is 1. The van der Waals surface area contributed by atoms with Gasteiger partial charge in [-0.2, -0.15) is 0 Å². The molecule has 1 saturated heterocycles. The quantitative estimate of drug-likeness (QED) is 0.834. The largest absolute Gasteiger partial charge is 0.497 e. The Morgan fingerprint density at radius 1 is 1.43 bits per heavy atom. The molecule has 1 aliphatic heterocycles. The lowest BCUT2D eigenvalue weighted by Gasteiger charge is -2.42. The minimum atomic E-state index is -0.379. The lowest BCUT2D eigenvalue weighted by atomic mass is 9.87. The van der Waals surface area contributed by atoms with Gasteiger partial charge in [0.1, 0.15) is 11.6 Å². The zero-order valence-electron chi connectivity index (χ0n) is 13.8. The molecule has 0 aromatic heterocycles. The number of methoxy groups -OCH3 is 2. The lowest BCUT2D eigenvalue weighted by Crippen LogP contribution is -2.49. The van der Waals surface area contributed by atoms with Crippen molar-refractivity contribution in [1.82, 2.24) is 4.90 Å². The molecule has 2 N–H and O–H groups in total. The standard InChI is InChI=1S/C17H25FN2O3/c1-22-14-5-4-13(15(18)10-14)11-20-9-3-7-17(12-20,23-2)8-6-16(19)21/h4-5,10H,3,6-9,11-12H2,1-2H3,(H2,19,21)/t17-/m1/s1. The monoisotopic (exact) mass is 324 g/mol. The number of hydrogen-bond donors (Lipinski definition) is 1. The summed E-state index contributed by atoms with van der Waals surface area (Å²) in [6, 6.07) is 4.91. The highest BCUT2D eigenvalue weighted by Gasteiger charge is 2.35. The van der Waals surface area contributed by atoms with Crippen molar-refractivity contribution in [1.29, 1.82) is 0 Å². The summed E-state index contributed by atoms with van der Waals surface area (Å²) < 4.78 is 24.8. The highest BCUT2D eigenvalue weighted by atomic mass is 19.1. The van der Waals surface area contributed by atoms with Crippen molar-refractivity contribution in [3.8, 4) is 5.75 Å². The molecule has 0 bridgehead atoms. The maximum Gasteiger partial charge on any atom is 0.217 e. The normalized spacial score (nSPS) is 22.0. The smallest absolute Gasteiger partial charge is 0.217 e. The summed E-state index contributed by atoms with van der Waals surface area (Å²) in [4.78, 5) is 13.2. The molecule has 0 unspecified atom stereocenters. The van der Waals surface area contributed by atoms with E-state index in [1.54, 1.807) is 19.2 Å². The minimum absolute atomic E-state index is 0.268. The van der Waals surface area contributed by atoms with Gasteiger partial charge < -0.3 is 15.2 Å². The first-order valence-corrected chi connectivity index (χ1v) is 7.86. The predicted molar refractivity (Wildman–Crippen MR) is 85.6 cm³/mol. The molecule has 1 aromatic carbocycles. The van der Waals surface area contributed by atoms with Crippen molar-refractivity contribution in [2.75, 3.05) is 27.3 Å². The topological polar surface area (TPSA) is 64.8 Å². The van der Waals surface area contributed by atoms with E-state index < -0.39 is 0 Å². The van der Waals surface area contributed by atoms with Crippen LogP contribution >= 0.6 is 0 Å². The molecule has 0 aliphatic carbocycles. The summed E-state index contributed by atoms with van der Waals surface area (Å²) in [6.07, 6.45) is 2.74. The van der Waals surface area contributed by atoms with Crippen LogP contribution in [0.1, 0.15) is 31.2 Å². The fraction of sp³-hybridized carbons (Fsp3) is 0.588. The van der Waals surface area contributed by atoms with Gasteiger partial charge in [-0.05, 0) is 31.9 Å². The van der Waals surface area contributed by atoms with Gasteiger partial charge in [0.2, 0.25) is 5.91 Å². The summed E-state index contributed by atoms with van der Waals surface area (Å²) in [7, 11) is 3.18. The molecule has 23 heavy (non-hydrogen) atoms. The Morgan fingerprint density at radius 3 is 2.83 bits per heavy atom. The molecule has 6 heteroatoms. The fourth-order valence-corrected chi connectivity index (χ4v) is 3.17. The van der Waals surface area contributed by atoms with Gasteiger partial charge in [-0.1, -0.05) is 6.07 Å². The summed E-state index contributed by atoms with van der Waals surface area (Å²) in [5, 5.41) is 0. The van der Waals surface area contributed by atoms with Gasteiger partial charge in [0.15, 0.2) is 0 Å². The van der Waals surface area contributed by atoms with Gasteiger partial charge in [-0.3, -0.25) is 9.69 Å². The number of benzene rings is 1. The predicted octanol–water partition coefficient (Wildman–Crippen LogP) is 2.08. The Hall–Kier alpha value is -1.66. The van der Waals surface area contributed by atoms with Gasteiger partial charge in [0, 0.05) is 38.2 Å². The van der Waals surface area contributed by atoms with Crippen LogP contribution in [0.15, 0.2) is 18.2 Å². The zero-order chi connectivity index (χ0) is 16.9. The average molecular weight is 324 g/mol. The van der Waals surface area contributed by atoms with E-state index in [0.717, 1.165) is 19.4 Å². The average Bonchev–Trinajstić information content (AvgIpc) is 2.55. The zero-order valence-corrected chi connectivity index (χ0v) is 13.8. The van der Waals surface area contributed by atoms with Gasteiger partial charge in [-0.15, -0.1) is 0 Å². The number of nitrogens with zero attached hydrogens (tertiary/aromatic N) is 1. The molecule has 2 rings (SSSR count). The van der Waals surface area contributed by atoms with E-state index >= 15 is 0 Å². The Labute approximate surface area is 136 Å². The second kappa shape index (κ2) is 7.75. The lowest BCUT2D eigenvalue weighted by molar-refractivity contribution is -0.121. The number of rotatable bonds is 7. The molecular formula is C17H25FN2O3. The molecule has 1 aliphatic rings. The molecule has 0 spiro atoms. The van der Waals surface area contributed by atoms with Crippen molar-refractivity contribution < 1.29 is 18.7 Å². The fourth-order valence-electron chi connectivity index (χ4n) is 3.17. The van der Waals surface area contributed by atoms with Gasteiger partial charge >= 0.3 is 0 Å². The number of ether oxygens (including phenoxy) is 2. The first-order valence-electron chi connectivity index (χ1n) is 7.86. The van der Waals surface area contributed by atoms with Crippen molar-refractivity contribution in [2.45, 2.75) is 37.8 Å². The third-order valence-corrected chi connectivity index (χ3v) is 4.53. The molecule has 0 saturated carbocycles. The summed E-state index contributed by atoms with van der Waals surface area (Å²) in [5.41, 5.74) is 5.51. The maximum absolute atomic E-state index is 14.1. The Kier molecular flexibility index (Phi) is 5.96. The van der Waals surface area contributed by atoms with Crippen molar-refractivity contribution >= 4 is 5.91 Å². The number of primary amides is 1. The van der Waals surface area contributed by atoms with Crippen LogP contribution in [0.4, 0.5) is 4.39 Å². The van der Waals surface area contributed by atoms with E-state index in [0.29, 0.717) is 37.2 Å². The molecular weight excluding hydrogens is 299 g/mol. The van der Waals surface area contributed by atoms with E-state index in [1.807, 2.05) is 0 Å². The van der Waals surface area contributed by atoms with E-state index in [-0.39, 0.29) is 17.3 Å². The Balaban J connectivity index is 2.04. The number of piperidine rings is 1. The van der Waals surface area contributed by atoms with Gasteiger partial charge in [0.25, 0.3) is 0 Å². The molecule has 0 radical (unpaired) electrons. The summed E-state index contributed by atoms with van der Waals surface area (Å²) in [6.45, 7) is 2.06. The molecule has 1 fully saturated rings. The van der Waals surface area contributed by atoms with Crippen molar-refractivity contribution in [2.24, 2.45) is 5.73 Å². The SMILES string of the molecule is COc1ccc(CN2CCC[C@](CCC(N)=O)(OC)C2)c(F)c1. The Bertz CT molecular complexity index is 553. The van der Waals surface area contributed by atoms with Gasteiger partial charge in [0.05, 0.1) is 12.7 Å². The van der Waals surface area contributed by atoms with Crippen LogP contribution in [-0.4, -0.2) is 43.7 Å². The summed E-state index contributed by atoms with van der Waals surface area (Å²) in [5.74, 6) is -0.0765. The number of likely N-dealkylation sites (tertiary alicyclic amines) is 1. The number of halogens is 1. The second-order valence-corrected chi connectivity index (χ2v) is 6.12. The van der Waals surface area contributed by atoms with Crippen LogP contribution in [-0.2, 0) is 16.1 Å². The van der Waals surface area contributed by atoms with Crippen LogP contribution in [0.5, 0.6) is 5.75 Å². The van der Waals surface area contributed by atoms with Crippen molar-refractivity contribution in [3.05, 3.63) is 29.6 Å². The summed E-state index contributed by atoms with van der Waals surface area (Å²) >= 11 is 0. The molecule has 128 valence electrons. The van der Waals surface area contributed by atoms with Crippen LogP contribution in [0.2, 0.25) is 0 Å². The second-order valence-electron chi connectivity index (χ2n) is 6.12. The third-order valence-electron chi connectivity index (χ3n) is 4.53. The minimum Gasteiger partial charge on any atom is -0.497 e. The highest BCUT2D eigenvalue weighted by molar-refractivity contribution is 5.73. The van der Waals surface area contributed by atoms with Crippen molar-refractivity contribution in [3.63, 3.8) is 0 Å². The van der Waals surface area contributed by atoms with Crippen LogP contribution in [0, 0.1) is 5.82 Å². The highest BCUT2D eigenvalue weighted by Crippen LogP contribution is 2.30. The van der Waals surface area contributed by atoms with E-state index in [4.69, 9.17) is 15.2 Å². The molecule has 5 nitrogen and oxygen atoms in total. The number of hydrogen-bond acceptors (Lipinski definition) is 4. The maximum atomic E-state index is 14.1. The first kappa shape index (κ1) is 17.7. The number of carbonyl (C=O) groups is 1.